The minimum Gasteiger partial charge on any atom is -0.485 e. The van der Waals surface area contributed by atoms with Crippen LogP contribution in [0.2, 0.25) is 0 Å². The molecule has 0 atom stereocenters. The summed E-state index contributed by atoms with van der Waals surface area (Å²) < 4.78 is 25.7. The standard InChI is InChI=1S/C11H22O5S/c1-11(17)16-10-9-15-8-7-14-6-5-13-4-3-12-2/h3-10H2,1-2H3. The van der Waals surface area contributed by atoms with Crippen LogP contribution in [0.5, 0.6) is 0 Å². The number of hydrogen-bond donors (Lipinski definition) is 0. The van der Waals surface area contributed by atoms with Crippen LogP contribution in [0, 0.1) is 0 Å². The van der Waals surface area contributed by atoms with Crippen molar-refractivity contribution in [2.75, 3.05) is 60.0 Å². The number of rotatable bonds is 12. The van der Waals surface area contributed by atoms with Crippen LogP contribution in [0.4, 0.5) is 0 Å². The number of thiocarbonyl (C=S) groups is 1. The van der Waals surface area contributed by atoms with Crippen molar-refractivity contribution < 1.29 is 23.7 Å². The molecule has 0 amide bonds. The molecule has 5 nitrogen and oxygen atoms in total. The Bertz CT molecular complexity index is 177. The third-order valence-electron chi connectivity index (χ3n) is 1.71. The van der Waals surface area contributed by atoms with Crippen LogP contribution >= 0.6 is 12.2 Å². The van der Waals surface area contributed by atoms with Crippen molar-refractivity contribution in [1.29, 1.82) is 0 Å². The normalized spacial score (nSPS) is 10.5. The van der Waals surface area contributed by atoms with Gasteiger partial charge < -0.3 is 23.7 Å². The Balaban J connectivity index is 2.91. The molecule has 0 aromatic carbocycles. The molecule has 0 aromatic rings. The Kier molecular flexibility index (Phi) is 13.6. The maximum absolute atomic E-state index is 5.28. The molecule has 0 aliphatic heterocycles. The molecule has 0 unspecified atom stereocenters. The molecule has 0 saturated carbocycles. The van der Waals surface area contributed by atoms with Crippen LogP contribution < -0.4 is 0 Å². The molecule has 0 aliphatic carbocycles. The fourth-order valence-electron chi connectivity index (χ4n) is 0.928. The molecular formula is C11H22O5S. The molecule has 102 valence electrons. The molecule has 0 spiro atoms. The van der Waals surface area contributed by atoms with Gasteiger partial charge in [-0.3, -0.25) is 0 Å². The van der Waals surface area contributed by atoms with Gasteiger partial charge in [0.1, 0.15) is 6.61 Å². The van der Waals surface area contributed by atoms with Crippen molar-refractivity contribution in [3.05, 3.63) is 0 Å². The van der Waals surface area contributed by atoms with Gasteiger partial charge in [0, 0.05) is 14.0 Å². The zero-order valence-electron chi connectivity index (χ0n) is 10.6. The summed E-state index contributed by atoms with van der Waals surface area (Å²) in [4.78, 5) is 0. The molecule has 0 rings (SSSR count). The molecule has 17 heavy (non-hydrogen) atoms. The third kappa shape index (κ3) is 15.7. The molecular weight excluding hydrogens is 244 g/mol. The molecule has 0 bridgehead atoms. The van der Waals surface area contributed by atoms with E-state index < -0.39 is 0 Å². The molecule has 0 N–H and O–H groups in total. The van der Waals surface area contributed by atoms with E-state index in [1.807, 2.05) is 0 Å². The van der Waals surface area contributed by atoms with Crippen LogP contribution in [-0.2, 0) is 23.7 Å². The summed E-state index contributed by atoms with van der Waals surface area (Å²) in [6.07, 6.45) is 0. The topological polar surface area (TPSA) is 46.2 Å². The zero-order valence-corrected chi connectivity index (χ0v) is 11.4. The van der Waals surface area contributed by atoms with Gasteiger partial charge in [-0.05, 0) is 12.2 Å². The van der Waals surface area contributed by atoms with E-state index in [1.54, 1.807) is 14.0 Å². The quantitative estimate of drug-likeness (QED) is 0.388. The lowest BCUT2D eigenvalue weighted by Gasteiger charge is -2.07. The predicted molar refractivity (Wildman–Crippen MR) is 68.6 cm³/mol. The van der Waals surface area contributed by atoms with Gasteiger partial charge in [0.05, 0.1) is 46.2 Å². The van der Waals surface area contributed by atoms with Gasteiger partial charge in [0.2, 0.25) is 0 Å². The first kappa shape index (κ1) is 16.7. The van der Waals surface area contributed by atoms with Crippen LogP contribution in [0.1, 0.15) is 6.92 Å². The molecule has 6 heteroatoms. The minimum absolute atomic E-state index is 0.495. The van der Waals surface area contributed by atoms with Crippen molar-refractivity contribution in [3.8, 4) is 0 Å². The lowest BCUT2D eigenvalue weighted by Crippen LogP contribution is -2.13. The largest absolute Gasteiger partial charge is 0.485 e. The van der Waals surface area contributed by atoms with Crippen molar-refractivity contribution >= 4 is 17.3 Å². The fourth-order valence-corrected chi connectivity index (χ4v) is 1.01. The summed E-state index contributed by atoms with van der Waals surface area (Å²) in [5.74, 6) is 0. The Morgan fingerprint density at radius 2 is 1.18 bits per heavy atom. The van der Waals surface area contributed by atoms with E-state index in [2.05, 4.69) is 0 Å². The van der Waals surface area contributed by atoms with E-state index in [0.717, 1.165) is 0 Å². The Morgan fingerprint density at radius 1 is 0.765 bits per heavy atom. The zero-order chi connectivity index (χ0) is 12.8. The maximum atomic E-state index is 5.28. The Labute approximate surface area is 108 Å². The highest BCUT2D eigenvalue weighted by Crippen LogP contribution is 1.84. The molecule has 0 aliphatic rings. The SMILES string of the molecule is COCCOCCOCCOCCOC(C)=S. The first-order valence-corrected chi connectivity index (χ1v) is 6.03. The highest BCUT2D eigenvalue weighted by molar-refractivity contribution is 7.80. The predicted octanol–water partition coefficient (Wildman–Crippen LogP) is 1.05. The summed E-state index contributed by atoms with van der Waals surface area (Å²) >= 11 is 4.75. The van der Waals surface area contributed by atoms with Gasteiger partial charge in [0.25, 0.3) is 0 Å². The molecule has 0 saturated heterocycles. The molecule has 0 aromatic heterocycles. The highest BCUT2D eigenvalue weighted by atomic mass is 32.1. The van der Waals surface area contributed by atoms with Crippen LogP contribution in [0.25, 0.3) is 0 Å². The van der Waals surface area contributed by atoms with Crippen molar-refractivity contribution in [2.24, 2.45) is 0 Å². The number of methoxy groups -OCH3 is 1. The molecule has 0 radical (unpaired) electrons. The highest BCUT2D eigenvalue weighted by Gasteiger charge is 1.92. The second-order valence-electron chi connectivity index (χ2n) is 3.17. The molecule has 0 heterocycles. The average Bonchev–Trinajstić information content (AvgIpc) is 2.30. The minimum atomic E-state index is 0.495. The average molecular weight is 266 g/mol. The second kappa shape index (κ2) is 13.8. The van der Waals surface area contributed by atoms with Crippen LogP contribution in [0.3, 0.4) is 0 Å². The van der Waals surface area contributed by atoms with Gasteiger partial charge in [-0.15, -0.1) is 0 Å². The summed E-state index contributed by atoms with van der Waals surface area (Å²) in [6.45, 7) is 6.24. The van der Waals surface area contributed by atoms with Crippen molar-refractivity contribution in [3.63, 3.8) is 0 Å². The summed E-state index contributed by atoms with van der Waals surface area (Å²) in [5, 5.41) is 0.540. The van der Waals surface area contributed by atoms with E-state index in [1.165, 1.54) is 0 Å². The monoisotopic (exact) mass is 266 g/mol. The summed E-state index contributed by atoms with van der Waals surface area (Å²) in [5.41, 5.74) is 0. The third-order valence-corrected chi connectivity index (χ3v) is 1.83. The lowest BCUT2D eigenvalue weighted by atomic mass is 10.7. The Hall–Kier alpha value is -0.270. The smallest absolute Gasteiger partial charge is 0.156 e. The van der Waals surface area contributed by atoms with Gasteiger partial charge in [-0.1, -0.05) is 0 Å². The van der Waals surface area contributed by atoms with Gasteiger partial charge in [-0.25, -0.2) is 0 Å². The van der Waals surface area contributed by atoms with Crippen molar-refractivity contribution in [1.82, 2.24) is 0 Å². The van der Waals surface area contributed by atoms with Gasteiger partial charge in [-0.2, -0.15) is 0 Å². The fraction of sp³-hybridized carbons (Fsp3) is 0.909. The van der Waals surface area contributed by atoms with E-state index >= 15 is 0 Å². The second-order valence-corrected chi connectivity index (χ2v) is 3.74. The van der Waals surface area contributed by atoms with Crippen molar-refractivity contribution in [2.45, 2.75) is 6.92 Å². The number of hydrogen-bond acceptors (Lipinski definition) is 6. The van der Waals surface area contributed by atoms with E-state index in [9.17, 15) is 0 Å². The van der Waals surface area contributed by atoms with E-state index in [0.29, 0.717) is 57.9 Å². The lowest BCUT2D eigenvalue weighted by molar-refractivity contribution is -0.000223. The summed E-state index contributed by atoms with van der Waals surface area (Å²) in [7, 11) is 1.64. The number of ether oxygens (including phenoxy) is 5. The maximum Gasteiger partial charge on any atom is 0.156 e. The van der Waals surface area contributed by atoms with Gasteiger partial charge in [0.15, 0.2) is 5.05 Å². The van der Waals surface area contributed by atoms with Crippen LogP contribution in [0.15, 0.2) is 0 Å². The molecule has 0 fully saturated rings. The Morgan fingerprint density at radius 3 is 1.59 bits per heavy atom. The summed E-state index contributed by atoms with van der Waals surface area (Å²) in [6, 6.07) is 0. The van der Waals surface area contributed by atoms with Crippen LogP contribution in [-0.4, -0.2) is 65.0 Å². The van der Waals surface area contributed by atoms with Gasteiger partial charge >= 0.3 is 0 Å². The van der Waals surface area contributed by atoms with E-state index in [-0.39, 0.29) is 0 Å². The first-order chi connectivity index (χ1) is 8.27. The first-order valence-electron chi connectivity index (χ1n) is 5.63. The van der Waals surface area contributed by atoms with E-state index in [4.69, 9.17) is 35.9 Å².